The van der Waals surface area contributed by atoms with Crippen molar-refractivity contribution in [2.24, 2.45) is 0 Å². The molecule has 19 heavy (non-hydrogen) atoms. The Morgan fingerprint density at radius 2 is 2.11 bits per heavy atom. The molecule has 0 radical (unpaired) electrons. The Bertz CT molecular complexity index is 516. The molecule has 1 saturated heterocycles. The normalized spacial score (nSPS) is 18.4. The molecular weight excluding hydrogens is 238 g/mol. The second kappa shape index (κ2) is 5.50. The third-order valence-corrected chi connectivity index (χ3v) is 3.66. The Morgan fingerprint density at radius 1 is 1.26 bits per heavy atom. The first-order chi connectivity index (χ1) is 9.34. The van der Waals surface area contributed by atoms with Crippen molar-refractivity contribution in [1.29, 1.82) is 0 Å². The smallest absolute Gasteiger partial charge is 0.123 e. The van der Waals surface area contributed by atoms with Crippen LogP contribution < -0.4 is 5.32 Å². The number of hydrogen-bond donors (Lipinski definition) is 2. The zero-order valence-electron chi connectivity index (χ0n) is 11.1. The fraction of sp³-hybridized carbons (Fsp3) is 0.429. The number of H-pyrrole nitrogens is 1. The van der Waals surface area contributed by atoms with Crippen molar-refractivity contribution in [2.45, 2.75) is 13.0 Å². The molecule has 0 spiro atoms. The van der Waals surface area contributed by atoms with Crippen molar-refractivity contribution in [1.82, 2.24) is 25.2 Å². The molecule has 1 fully saturated rings. The van der Waals surface area contributed by atoms with Crippen LogP contribution in [0.1, 0.15) is 18.8 Å². The second-order valence-electron chi connectivity index (χ2n) is 4.89. The number of hydrogen-bond acceptors (Lipinski definition) is 4. The number of nitrogens with zero attached hydrogens (tertiary/aromatic N) is 3. The summed E-state index contributed by atoms with van der Waals surface area (Å²) >= 11 is 0. The van der Waals surface area contributed by atoms with Gasteiger partial charge in [-0.1, -0.05) is 0 Å². The van der Waals surface area contributed by atoms with Crippen LogP contribution in [0.4, 0.5) is 0 Å². The molecule has 3 heterocycles. The van der Waals surface area contributed by atoms with E-state index in [4.69, 9.17) is 0 Å². The molecule has 0 aromatic carbocycles. The van der Waals surface area contributed by atoms with Crippen LogP contribution in [0.5, 0.6) is 0 Å². The van der Waals surface area contributed by atoms with Crippen LogP contribution in [-0.4, -0.2) is 46.0 Å². The van der Waals surface area contributed by atoms with Gasteiger partial charge in [-0.15, -0.1) is 0 Å². The highest BCUT2D eigenvalue weighted by Gasteiger charge is 2.20. The van der Waals surface area contributed by atoms with Gasteiger partial charge in [0.15, 0.2) is 0 Å². The lowest BCUT2D eigenvalue weighted by molar-refractivity contribution is 0.180. The molecule has 1 atom stereocenters. The molecule has 100 valence electrons. The molecule has 0 saturated carbocycles. The summed E-state index contributed by atoms with van der Waals surface area (Å²) in [6, 6.07) is 4.31. The molecule has 5 nitrogen and oxygen atoms in total. The zero-order valence-corrected chi connectivity index (χ0v) is 11.1. The summed E-state index contributed by atoms with van der Waals surface area (Å²) in [5, 5.41) is 3.37. The molecule has 1 aliphatic heterocycles. The SMILES string of the molecule is CC(c1ncc(-c2cccnc2)[nH]1)N1CCNCC1. The van der Waals surface area contributed by atoms with Crippen molar-refractivity contribution in [3.8, 4) is 11.3 Å². The van der Waals surface area contributed by atoms with Gasteiger partial charge in [-0.3, -0.25) is 9.88 Å². The third kappa shape index (κ3) is 2.67. The summed E-state index contributed by atoms with van der Waals surface area (Å²) in [6.07, 6.45) is 5.53. The standard InChI is InChI=1S/C14H19N5/c1-11(19-7-5-15-6-8-19)14-17-10-13(18-14)12-3-2-4-16-9-12/h2-4,9-11,15H,5-8H2,1H3,(H,17,18). The summed E-state index contributed by atoms with van der Waals surface area (Å²) in [7, 11) is 0. The minimum atomic E-state index is 0.326. The van der Waals surface area contributed by atoms with Gasteiger partial charge in [0.25, 0.3) is 0 Å². The summed E-state index contributed by atoms with van der Waals surface area (Å²) in [5.41, 5.74) is 2.11. The predicted octanol–water partition coefficient (Wildman–Crippen LogP) is 1.44. The van der Waals surface area contributed by atoms with E-state index in [1.807, 2.05) is 24.5 Å². The quantitative estimate of drug-likeness (QED) is 0.873. The summed E-state index contributed by atoms with van der Waals surface area (Å²) < 4.78 is 0. The van der Waals surface area contributed by atoms with Crippen LogP contribution in [0.3, 0.4) is 0 Å². The molecule has 1 unspecified atom stereocenters. The molecule has 0 bridgehead atoms. The molecular formula is C14H19N5. The third-order valence-electron chi connectivity index (χ3n) is 3.66. The number of aromatic nitrogens is 3. The van der Waals surface area contributed by atoms with Gasteiger partial charge in [-0.2, -0.15) is 0 Å². The fourth-order valence-electron chi connectivity index (χ4n) is 2.46. The largest absolute Gasteiger partial charge is 0.341 e. The Labute approximate surface area is 113 Å². The van der Waals surface area contributed by atoms with Gasteiger partial charge in [-0.05, 0) is 19.1 Å². The average Bonchev–Trinajstić information content (AvgIpc) is 2.98. The Balaban J connectivity index is 1.77. The topological polar surface area (TPSA) is 56.8 Å². The van der Waals surface area contributed by atoms with Gasteiger partial charge < -0.3 is 10.3 Å². The van der Waals surface area contributed by atoms with E-state index in [2.05, 4.69) is 32.1 Å². The van der Waals surface area contributed by atoms with E-state index in [1.54, 1.807) is 6.20 Å². The highest BCUT2D eigenvalue weighted by atomic mass is 15.2. The van der Waals surface area contributed by atoms with E-state index in [9.17, 15) is 0 Å². The maximum absolute atomic E-state index is 4.52. The lowest BCUT2D eigenvalue weighted by Gasteiger charge is -2.31. The molecule has 3 rings (SSSR count). The molecule has 0 amide bonds. The highest BCUT2D eigenvalue weighted by Crippen LogP contribution is 2.21. The fourth-order valence-corrected chi connectivity index (χ4v) is 2.46. The molecule has 1 aliphatic rings. The van der Waals surface area contributed by atoms with Crippen molar-refractivity contribution >= 4 is 0 Å². The number of rotatable bonds is 3. The van der Waals surface area contributed by atoms with Crippen LogP contribution in [-0.2, 0) is 0 Å². The lowest BCUT2D eigenvalue weighted by atomic mass is 10.2. The van der Waals surface area contributed by atoms with E-state index >= 15 is 0 Å². The van der Waals surface area contributed by atoms with Crippen molar-refractivity contribution in [3.63, 3.8) is 0 Å². The minimum Gasteiger partial charge on any atom is -0.341 e. The van der Waals surface area contributed by atoms with E-state index in [-0.39, 0.29) is 0 Å². The minimum absolute atomic E-state index is 0.326. The molecule has 2 aromatic rings. The maximum Gasteiger partial charge on any atom is 0.123 e. The van der Waals surface area contributed by atoms with E-state index < -0.39 is 0 Å². The zero-order chi connectivity index (χ0) is 13.1. The first-order valence-electron chi connectivity index (χ1n) is 6.74. The van der Waals surface area contributed by atoms with Crippen molar-refractivity contribution in [2.75, 3.05) is 26.2 Å². The molecule has 2 aromatic heterocycles. The van der Waals surface area contributed by atoms with E-state index in [0.29, 0.717) is 6.04 Å². The Morgan fingerprint density at radius 3 is 2.84 bits per heavy atom. The van der Waals surface area contributed by atoms with Gasteiger partial charge in [0, 0.05) is 44.1 Å². The number of pyridine rings is 1. The molecule has 2 N–H and O–H groups in total. The van der Waals surface area contributed by atoms with Crippen LogP contribution in [0.25, 0.3) is 11.3 Å². The highest BCUT2D eigenvalue weighted by molar-refractivity contribution is 5.56. The first kappa shape index (κ1) is 12.3. The number of piperazine rings is 1. The summed E-state index contributed by atoms with van der Waals surface area (Å²) in [5.74, 6) is 1.03. The summed E-state index contributed by atoms with van der Waals surface area (Å²) in [6.45, 7) is 6.46. The molecule has 0 aliphatic carbocycles. The average molecular weight is 257 g/mol. The van der Waals surface area contributed by atoms with Crippen LogP contribution in [0.2, 0.25) is 0 Å². The van der Waals surface area contributed by atoms with Crippen LogP contribution >= 0.6 is 0 Å². The van der Waals surface area contributed by atoms with Gasteiger partial charge in [0.05, 0.1) is 17.9 Å². The van der Waals surface area contributed by atoms with Crippen LogP contribution in [0.15, 0.2) is 30.7 Å². The number of nitrogens with one attached hydrogen (secondary N) is 2. The maximum atomic E-state index is 4.52. The monoisotopic (exact) mass is 257 g/mol. The number of aromatic amines is 1. The first-order valence-corrected chi connectivity index (χ1v) is 6.74. The second-order valence-corrected chi connectivity index (χ2v) is 4.89. The lowest BCUT2D eigenvalue weighted by Crippen LogP contribution is -2.44. The van der Waals surface area contributed by atoms with Crippen LogP contribution in [0, 0.1) is 0 Å². The summed E-state index contributed by atoms with van der Waals surface area (Å²) in [4.78, 5) is 14.5. The number of imidazole rings is 1. The van der Waals surface area contributed by atoms with Gasteiger partial charge in [0.2, 0.25) is 0 Å². The van der Waals surface area contributed by atoms with Gasteiger partial charge >= 0.3 is 0 Å². The van der Waals surface area contributed by atoms with Gasteiger partial charge in [-0.25, -0.2) is 4.98 Å². The molecule has 5 heteroatoms. The predicted molar refractivity (Wildman–Crippen MR) is 74.7 cm³/mol. The van der Waals surface area contributed by atoms with E-state index in [1.165, 1.54) is 0 Å². The van der Waals surface area contributed by atoms with E-state index in [0.717, 1.165) is 43.3 Å². The van der Waals surface area contributed by atoms with Crippen molar-refractivity contribution < 1.29 is 0 Å². The van der Waals surface area contributed by atoms with Crippen molar-refractivity contribution in [3.05, 3.63) is 36.5 Å². The van der Waals surface area contributed by atoms with Gasteiger partial charge in [0.1, 0.15) is 5.82 Å². The Kier molecular flexibility index (Phi) is 3.57. The Hall–Kier alpha value is -1.72.